The van der Waals surface area contributed by atoms with Crippen LogP contribution >= 0.6 is 0 Å². The highest BCUT2D eigenvalue weighted by molar-refractivity contribution is 6.01. The zero-order chi connectivity index (χ0) is 17.5. The molecule has 0 bridgehead atoms. The molecule has 1 aromatic carbocycles. The normalized spacial score (nSPS) is 21.8. The van der Waals surface area contributed by atoms with Crippen LogP contribution in [0.1, 0.15) is 51.5 Å². The predicted molar refractivity (Wildman–Crippen MR) is 91.2 cm³/mol. The third-order valence-corrected chi connectivity index (χ3v) is 4.88. The smallest absolute Gasteiger partial charge is 0.317 e. The topological polar surface area (TPSA) is 60.4 Å². The average Bonchev–Trinajstić information content (AvgIpc) is 2.58. The predicted octanol–water partition coefficient (Wildman–Crippen LogP) is 3.72. The minimum atomic E-state index is -0.972. The van der Waals surface area contributed by atoms with Crippen LogP contribution in [0.15, 0.2) is 30.3 Å². The summed E-state index contributed by atoms with van der Waals surface area (Å²) in [7, 11) is 0. The third kappa shape index (κ3) is 5.29. The van der Waals surface area contributed by atoms with Crippen LogP contribution < -0.4 is 0 Å². The van der Waals surface area contributed by atoms with Gasteiger partial charge in [0.2, 0.25) is 0 Å². The standard InChI is InChI=1S/C20H26O4/c1-14-8-10-17(11-9-14)19(22)12-18(15(2)21)20(23)24-13-16-6-4-3-5-7-16/h3-7,14,17-18H,8-13H2,1-2H3/t14-,17-,18?. The average molecular weight is 330 g/mol. The van der Waals surface area contributed by atoms with E-state index in [9.17, 15) is 14.4 Å². The summed E-state index contributed by atoms with van der Waals surface area (Å²) in [5, 5.41) is 0. The number of ether oxygens (including phenoxy) is 1. The van der Waals surface area contributed by atoms with E-state index < -0.39 is 11.9 Å². The van der Waals surface area contributed by atoms with Crippen molar-refractivity contribution in [3.63, 3.8) is 0 Å². The Balaban J connectivity index is 1.89. The zero-order valence-electron chi connectivity index (χ0n) is 14.5. The number of ketones is 2. The highest BCUT2D eigenvalue weighted by Gasteiger charge is 2.32. The second kappa shape index (κ2) is 8.76. The second-order valence-electron chi connectivity index (χ2n) is 6.88. The Morgan fingerprint density at radius 2 is 1.71 bits per heavy atom. The molecule has 24 heavy (non-hydrogen) atoms. The molecule has 0 saturated heterocycles. The van der Waals surface area contributed by atoms with Crippen LogP contribution in [0.4, 0.5) is 0 Å². The summed E-state index contributed by atoms with van der Waals surface area (Å²) < 4.78 is 5.24. The Morgan fingerprint density at radius 3 is 2.29 bits per heavy atom. The van der Waals surface area contributed by atoms with Crippen molar-refractivity contribution in [1.82, 2.24) is 0 Å². The molecule has 0 spiro atoms. The van der Waals surface area contributed by atoms with E-state index in [0.717, 1.165) is 31.2 Å². The van der Waals surface area contributed by atoms with Gasteiger partial charge in [-0.1, -0.05) is 50.1 Å². The van der Waals surface area contributed by atoms with Gasteiger partial charge in [0.05, 0.1) is 0 Å². The van der Waals surface area contributed by atoms with Crippen LogP contribution in [0.3, 0.4) is 0 Å². The molecule has 0 N–H and O–H groups in total. The number of carbonyl (C=O) groups excluding carboxylic acids is 3. The van der Waals surface area contributed by atoms with Crippen LogP contribution in [0.5, 0.6) is 0 Å². The minimum Gasteiger partial charge on any atom is -0.460 e. The van der Waals surface area contributed by atoms with Crippen molar-refractivity contribution < 1.29 is 19.1 Å². The lowest BCUT2D eigenvalue weighted by atomic mass is 9.78. The van der Waals surface area contributed by atoms with E-state index >= 15 is 0 Å². The molecule has 0 heterocycles. The van der Waals surface area contributed by atoms with E-state index in [1.807, 2.05) is 30.3 Å². The van der Waals surface area contributed by atoms with Crippen molar-refractivity contribution in [2.45, 2.75) is 52.6 Å². The first-order chi connectivity index (χ1) is 11.5. The lowest BCUT2D eigenvalue weighted by molar-refractivity contribution is -0.154. The van der Waals surface area contributed by atoms with Gasteiger partial charge in [-0.25, -0.2) is 0 Å². The van der Waals surface area contributed by atoms with Gasteiger partial charge in [0, 0.05) is 12.3 Å². The van der Waals surface area contributed by atoms with Crippen molar-refractivity contribution in [2.75, 3.05) is 0 Å². The molecule has 1 saturated carbocycles. The van der Waals surface area contributed by atoms with Gasteiger partial charge in [0.1, 0.15) is 24.1 Å². The van der Waals surface area contributed by atoms with Crippen molar-refractivity contribution in [3.05, 3.63) is 35.9 Å². The van der Waals surface area contributed by atoms with Crippen molar-refractivity contribution in [3.8, 4) is 0 Å². The number of esters is 1. The molecule has 1 fully saturated rings. The quantitative estimate of drug-likeness (QED) is 0.565. The van der Waals surface area contributed by atoms with E-state index in [-0.39, 0.29) is 30.5 Å². The van der Waals surface area contributed by atoms with Gasteiger partial charge in [-0.3, -0.25) is 14.4 Å². The fourth-order valence-corrected chi connectivity index (χ4v) is 3.17. The lowest BCUT2D eigenvalue weighted by Gasteiger charge is -2.25. The molecular formula is C20H26O4. The van der Waals surface area contributed by atoms with Crippen LogP contribution in [0, 0.1) is 17.8 Å². The molecule has 130 valence electrons. The summed E-state index contributed by atoms with van der Waals surface area (Å²) in [5.41, 5.74) is 0.862. The van der Waals surface area contributed by atoms with Gasteiger partial charge in [0.15, 0.2) is 0 Å². The Morgan fingerprint density at radius 1 is 1.08 bits per heavy atom. The van der Waals surface area contributed by atoms with E-state index in [1.165, 1.54) is 6.92 Å². The molecule has 1 unspecified atom stereocenters. The van der Waals surface area contributed by atoms with Crippen LogP contribution in [-0.4, -0.2) is 17.5 Å². The fourth-order valence-electron chi connectivity index (χ4n) is 3.17. The Labute approximate surface area is 143 Å². The van der Waals surface area contributed by atoms with Gasteiger partial charge in [-0.15, -0.1) is 0 Å². The molecule has 0 aliphatic heterocycles. The van der Waals surface area contributed by atoms with Gasteiger partial charge >= 0.3 is 5.97 Å². The highest BCUT2D eigenvalue weighted by atomic mass is 16.5. The molecular weight excluding hydrogens is 304 g/mol. The first-order valence-electron chi connectivity index (χ1n) is 8.71. The summed E-state index contributed by atoms with van der Waals surface area (Å²) in [6.07, 6.45) is 3.79. The minimum absolute atomic E-state index is 0.00928. The van der Waals surface area contributed by atoms with Crippen LogP contribution in [0.2, 0.25) is 0 Å². The van der Waals surface area contributed by atoms with E-state index in [2.05, 4.69) is 6.92 Å². The number of rotatable bonds is 7. The van der Waals surface area contributed by atoms with Crippen molar-refractivity contribution in [1.29, 1.82) is 0 Å². The molecule has 1 atom stereocenters. The second-order valence-corrected chi connectivity index (χ2v) is 6.88. The first-order valence-corrected chi connectivity index (χ1v) is 8.71. The monoisotopic (exact) mass is 330 g/mol. The summed E-state index contributed by atoms with van der Waals surface area (Å²) in [4.78, 5) is 36.5. The van der Waals surface area contributed by atoms with Gasteiger partial charge in [-0.05, 0) is 31.2 Å². The maximum atomic E-state index is 12.4. The maximum absolute atomic E-state index is 12.4. The molecule has 4 nitrogen and oxygen atoms in total. The molecule has 0 amide bonds. The number of carbonyl (C=O) groups is 3. The van der Waals surface area contributed by atoms with E-state index in [4.69, 9.17) is 4.74 Å². The zero-order valence-corrected chi connectivity index (χ0v) is 14.5. The summed E-state index contributed by atoms with van der Waals surface area (Å²) >= 11 is 0. The number of Topliss-reactive ketones (excluding diaryl/α,β-unsaturated/α-hetero) is 2. The number of benzene rings is 1. The molecule has 0 aromatic heterocycles. The number of hydrogen-bond acceptors (Lipinski definition) is 4. The third-order valence-electron chi connectivity index (χ3n) is 4.88. The maximum Gasteiger partial charge on any atom is 0.317 e. The Bertz CT molecular complexity index is 571. The van der Waals surface area contributed by atoms with Crippen molar-refractivity contribution in [2.24, 2.45) is 17.8 Å². The van der Waals surface area contributed by atoms with Crippen LogP contribution in [-0.2, 0) is 25.7 Å². The molecule has 1 aliphatic carbocycles. The highest BCUT2D eigenvalue weighted by Crippen LogP contribution is 2.30. The summed E-state index contributed by atoms with van der Waals surface area (Å²) in [6, 6.07) is 9.31. The number of hydrogen-bond donors (Lipinski definition) is 0. The van der Waals surface area contributed by atoms with Gasteiger partial charge in [0.25, 0.3) is 0 Å². The Kier molecular flexibility index (Phi) is 6.71. The molecule has 1 aromatic rings. The first kappa shape index (κ1) is 18.4. The fraction of sp³-hybridized carbons (Fsp3) is 0.550. The molecule has 0 radical (unpaired) electrons. The largest absolute Gasteiger partial charge is 0.460 e. The van der Waals surface area contributed by atoms with Crippen molar-refractivity contribution >= 4 is 17.5 Å². The van der Waals surface area contributed by atoms with Gasteiger partial charge < -0.3 is 4.74 Å². The Hall–Kier alpha value is -1.97. The molecule has 2 rings (SSSR count). The molecule has 4 heteroatoms. The van der Waals surface area contributed by atoms with E-state index in [1.54, 1.807) is 0 Å². The molecule has 1 aliphatic rings. The summed E-state index contributed by atoms with van der Waals surface area (Å²) in [6.45, 7) is 3.67. The lowest BCUT2D eigenvalue weighted by Crippen LogP contribution is -2.30. The summed E-state index contributed by atoms with van der Waals surface area (Å²) in [5.74, 6) is -1.19. The SMILES string of the molecule is CC(=O)C(CC(=O)[C@H]1CC[C@H](C)CC1)C(=O)OCc1ccccc1. The van der Waals surface area contributed by atoms with E-state index in [0.29, 0.717) is 5.92 Å². The van der Waals surface area contributed by atoms with Crippen LogP contribution in [0.25, 0.3) is 0 Å². The van der Waals surface area contributed by atoms with Gasteiger partial charge in [-0.2, -0.15) is 0 Å².